The quantitative estimate of drug-likeness (QED) is 0.642. The smallest absolute Gasteiger partial charge is 0.223 e. The largest absolute Gasteiger partial charge is 0.493 e. The van der Waals surface area contributed by atoms with Crippen LogP contribution in [0.5, 0.6) is 11.5 Å². The van der Waals surface area contributed by atoms with E-state index in [0.717, 1.165) is 30.9 Å². The number of fused-ring (bicyclic) bond motifs is 1. The molecule has 6 nitrogen and oxygen atoms in total. The first-order valence-corrected chi connectivity index (χ1v) is 10.0. The number of carbonyl (C=O) groups excluding carboxylic acids is 1. The number of benzene rings is 1. The van der Waals surface area contributed by atoms with E-state index >= 15 is 0 Å². The topological polar surface area (TPSA) is 63.5 Å². The second kappa shape index (κ2) is 7.46. The minimum Gasteiger partial charge on any atom is -0.493 e. The molecule has 1 aromatic carbocycles. The van der Waals surface area contributed by atoms with Crippen LogP contribution in [0.2, 0.25) is 0 Å². The van der Waals surface area contributed by atoms with Gasteiger partial charge in [0, 0.05) is 32.2 Å². The third kappa shape index (κ3) is 3.58. The van der Waals surface area contributed by atoms with Gasteiger partial charge in [-0.05, 0) is 48.4 Å². The van der Waals surface area contributed by atoms with E-state index in [2.05, 4.69) is 33.2 Å². The summed E-state index contributed by atoms with van der Waals surface area (Å²) in [7, 11) is 3.31. The number of methoxy groups -OCH3 is 2. The van der Waals surface area contributed by atoms with Crippen LogP contribution in [0, 0.1) is 18.3 Å². The maximum atomic E-state index is 13.1. The summed E-state index contributed by atoms with van der Waals surface area (Å²) < 4.78 is 11.0. The lowest BCUT2D eigenvalue weighted by molar-refractivity contribution is -0.135. The first-order valence-electron chi connectivity index (χ1n) is 10.0. The second-order valence-electron chi connectivity index (χ2n) is 7.91. The zero-order chi connectivity index (χ0) is 19.7. The van der Waals surface area contributed by atoms with Crippen molar-refractivity contribution in [2.24, 2.45) is 16.1 Å². The van der Waals surface area contributed by atoms with Gasteiger partial charge in [-0.2, -0.15) is 10.2 Å². The zero-order valence-corrected chi connectivity index (χ0v) is 16.6. The fraction of sp³-hybridized carbons (Fsp3) is 0.591. The van der Waals surface area contributed by atoms with E-state index in [-0.39, 0.29) is 11.9 Å². The molecule has 0 bridgehead atoms. The van der Waals surface area contributed by atoms with E-state index in [1.54, 1.807) is 14.2 Å². The van der Waals surface area contributed by atoms with E-state index in [1.165, 1.54) is 24.0 Å². The van der Waals surface area contributed by atoms with Gasteiger partial charge in [-0.3, -0.25) is 4.79 Å². The third-order valence-electron chi connectivity index (χ3n) is 6.10. The van der Waals surface area contributed by atoms with Crippen LogP contribution in [-0.4, -0.2) is 37.2 Å². The van der Waals surface area contributed by atoms with Gasteiger partial charge in [0.1, 0.15) is 0 Å². The van der Waals surface area contributed by atoms with Crippen molar-refractivity contribution >= 4 is 5.91 Å². The summed E-state index contributed by atoms with van der Waals surface area (Å²) >= 11 is 0. The minimum atomic E-state index is -0.401. The van der Waals surface area contributed by atoms with Crippen molar-refractivity contribution in [3.05, 3.63) is 23.3 Å². The monoisotopic (exact) mass is 381 g/mol. The van der Waals surface area contributed by atoms with Crippen LogP contribution in [0.4, 0.5) is 0 Å². The van der Waals surface area contributed by atoms with Gasteiger partial charge >= 0.3 is 0 Å². The van der Waals surface area contributed by atoms with Gasteiger partial charge in [0.2, 0.25) is 5.91 Å². The van der Waals surface area contributed by atoms with Crippen molar-refractivity contribution in [1.29, 1.82) is 0 Å². The highest BCUT2D eigenvalue weighted by Gasteiger charge is 2.44. The van der Waals surface area contributed by atoms with Gasteiger partial charge in [-0.15, -0.1) is 12.3 Å². The summed E-state index contributed by atoms with van der Waals surface area (Å²) in [5.41, 5.74) is 2.07. The zero-order valence-electron chi connectivity index (χ0n) is 16.6. The molecule has 0 radical (unpaired) electrons. The van der Waals surface area contributed by atoms with E-state index in [4.69, 9.17) is 15.9 Å². The molecule has 0 N–H and O–H groups in total. The van der Waals surface area contributed by atoms with Gasteiger partial charge in [0.15, 0.2) is 17.2 Å². The number of terminal acetylenes is 1. The number of nitrogens with zero attached hydrogens (tertiary/aromatic N) is 3. The van der Waals surface area contributed by atoms with Crippen molar-refractivity contribution < 1.29 is 14.3 Å². The van der Waals surface area contributed by atoms with Crippen LogP contribution in [0.3, 0.4) is 0 Å². The number of amides is 1. The molecule has 0 spiro atoms. The van der Waals surface area contributed by atoms with E-state index in [9.17, 15) is 4.79 Å². The van der Waals surface area contributed by atoms with E-state index in [1.807, 2.05) is 0 Å². The highest BCUT2D eigenvalue weighted by Crippen LogP contribution is 2.49. The Labute approximate surface area is 166 Å². The Kier molecular flexibility index (Phi) is 5.01. The molecule has 1 atom stereocenters. The molecule has 148 valence electrons. The number of hydrogen-bond donors (Lipinski definition) is 0. The first kappa shape index (κ1) is 18.8. The predicted octanol–water partition coefficient (Wildman–Crippen LogP) is 3.90. The van der Waals surface area contributed by atoms with Crippen molar-refractivity contribution in [2.75, 3.05) is 20.8 Å². The SMILES string of the molecule is C#CCCC1(CCC(=O)N2CCc3cc(OC)c(OC)cc3C2C2CC2)N=N1. The van der Waals surface area contributed by atoms with Crippen LogP contribution in [-0.2, 0) is 11.2 Å². The Morgan fingerprint density at radius 3 is 2.57 bits per heavy atom. The summed E-state index contributed by atoms with van der Waals surface area (Å²) in [4.78, 5) is 15.2. The average molecular weight is 381 g/mol. The van der Waals surface area contributed by atoms with Crippen LogP contribution >= 0.6 is 0 Å². The maximum absolute atomic E-state index is 13.1. The number of ether oxygens (including phenoxy) is 2. The third-order valence-corrected chi connectivity index (χ3v) is 6.10. The molecule has 1 amide bonds. The second-order valence-corrected chi connectivity index (χ2v) is 7.91. The Balaban J connectivity index is 1.51. The Morgan fingerprint density at radius 1 is 1.25 bits per heavy atom. The van der Waals surface area contributed by atoms with Gasteiger partial charge < -0.3 is 14.4 Å². The van der Waals surface area contributed by atoms with Crippen molar-refractivity contribution in [2.45, 2.75) is 56.7 Å². The molecule has 1 fully saturated rings. The van der Waals surface area contributed by atoms with Crippen molar-refractivity contribution in [3.63, 3.8) is 0 Å². The van der Waals surface area contributed by atoms with Crippen LogP contribution in [0.15, 0.2) is 22.4 Å². The summed E-state index contributed by atoms with van der Waals surface area (Å²) in [5.74, 6) is 4.84. The molecular formula is C22H27N3O3. The van der Waals surface area contributed by atoms with Crippen LogP contribution in [0.1, 0.15) is 55.7 Å². The summed E-state index contributed by atoms with van der Waals surface area (Å²) in [5, 5.41) is 8.32. The molecule has 0 aromatic heterocycles. The molecule has 4 rings (SSSR count). The minimum absolute atomic E-state index is 0.130. The molecule has 1 saturated carbocycles. The molecule has 3 aliphatic rings. The molecule has 1 aliphatic carbocycles. The van der Waals surface area contributed by atoms with Gasteiger partial charge in [0.05, 0.1) is 20.3 Å². The van der Waals surface area contributed by atoms with E-state index in [0.29, 0.717) is 25.2 Å². The molecule has 6 heteroatoms. The molecular weight excluding hydrogens is 354 g/mol. The van der Waals surface area contributed by atoms with Crippen LogP contribution in [0.25, 0.3) is 0 Å². The molecule has 0 saturated heterocycles. The average Bonchev–Trinajstić information content (AvgIpc) is 3.64. The lowest BCUT2D eigenvalue weighted by Gasteiger charge is -2.38. The number of hydrogen-bond acceptors (Lipinski definition) is 5. The highest BCUT2D eigenvalue weighted by atomic mass is 16.5. The van der Waals surface area contributed by atoms with Gasteiger partial charge in [-0.1, -0.05) is 0 Å². The van der Waals surface area contributed by atoms with Crippen LogP contribution < -0.4 is 9.47 Å². The number of rotatable bonds is 8. The Morgan fingerprint density at radius 2 is 1.96 bits per heavy atom. The lowest BCUT2D eigenvalue weighted by atomic mass is 9.88. The Hall–Kier alpha value is -2.55. The molecule has 1 aromatic rings. The summed E-state index contributed by atoms with van der Waals surface area (Å²) in [6, 6.07) is 4.27. The standard InChI is InChI=1S/C22H27N3O3/c1-4-5-10-22(23-24-22)11-8-20(26)25-12-9-16-13-18(27-2)19(28-3)14-17(16)21(25)15-6-7-15/h1,13-15,21H,5-12H2,2-3H3. The fourth-order valence-electron chi connectivity index (χ4n) is 4.30. The normalized spacial score (nSPS) is 21.6. The molecule has 28 heavy (non-hydrogen) atoms. The fourth-order valence-corrected chi connectivity index (χ4v) is 4.30. The van der Waals surface area contributed by atoms with Crippen molar-refractivity contribution in [1.82, 2.24) is 4.90 Å². The molecule has 1 unspecified atom stereocenters. The van der Waals surface area contributed by atoms with Gasteiger partial charge in [0.25, 0.3) is 0 Å². The lowest BCUT2D eigenvalue weighted by Crippen LogP contribution is -2.41. The Bertz CT molecular complexity index is 832. The maximum Gasteiger partial charge on any atom is 0.223 e. The first-order chi connectivity index (χ1) is 13.6. The van der Waals surface area contributed by atoms with Gasteiger partial charge in [-0.25, -0.2) is 0 Å². The summed E-state index contributed by atoms with van der Waals surface area (Å²) in [6.07, 6.45) is 11.0. The predicted molar refractivity (Wildman–Crippen MR) is 105 cm³/mol. The van der Waals surface area contributed by atoms with E-state index < -0.39 is 5.66 Å². The highest BCUT2D eigenvalue weighted by molar-refractivity contribution is 5.77. The molecule has 2 aliphatic heterocycles. The number of carbonyl (C=O) groups is 1. The molecule has 2 heterocycles. The summed E-state index contributed by atoms with van der Waals surface area (Å²) in [6.45, 7) is 0.744. The van der Waals surface area contributed by atoms with Crippen molar-refractivity contribution in [3.8, 4) is 23.8 Å².